The zero-order chi connectivity index (χ0) is 14.0. The Morgan fingerprint density at radius 1 is 1.47 bits per heavy atom. The first-order valence-corrected chi connectivity index (χ1v) is 6.76. The smallest absolute Gasteiger partial charge is 0.317 e. The molecule has 0 aromatic heterocycles. The van der Waals surface area contributed by atoms with Crippen molar-refractivity contribution in [2.75, 3.05) is 25.0 Å². The van der Waals surface area contributed by atoms with Crippen LogP contribution >= 0.6 is 0 Å². The highest BCUT2D eigenvalue weighted by Gasteiger charge is 2.18. The number of rotatable bonds is 5. The van der Waals surface area contributed by atoms with E-state index in [0.29, 0.717) is 6.54 Å². The van der Waals surface area contributed by atoms with Crippen molar-refractivity contribution in [2.45, 2.75) is 32.9 Å². The van der Waals surface area contributed by atoms with Crippen molar-refractivity contribution in [1.82, 2.24) is 4.90 Å². The van der Waals surface area contributed by atoms with Crippen LogP contribution in [-0.2, 0) is 17.8 Å². The number of likely N-dealkylation sites (N-methyl/N-ethyl adjacent to an activating group) is 1. The van der Waals surface area contributed by atoms with Crippen molar-refractivity contribution in [3.8, 4) is 0 Å². The molecule has 1 aromatic carbocycles. The molecule has 0 bridgehead atoms. The Balaban J connectivity index is 2.12. The number of hydrogen-bond donors (Lipinski definition) is 1. The Labute approximate surface area is 114 Å². The second-order valence-electron chi connectivity index (χ2n) is 5.53. The summed E-state index contributed by atoms with van der Waals surface area (Å²) in [6.07, 6.45) is 1.08. The Morgan fingerprint density at radius 3 is 2.84 bits per heavy atom. The molecule has 4 nitrogen and oxygen atoms in total. The molecule has 0 spiro atoms. The van der Waals surface area contributed by atoms with Crippen LogP contribution in [0, 0.1) is 0 Å². The average Bonchev–Trinajstić information content (AvgIpc) is 2.69. The van der Waals surface area contributed by atoms with Gasteiger partial charge in [0, 0.05) is 31.9 Å². The minimum atomic E-state index is -0.769. The highest BCUT2D eigenvalue weighted by molar-refractivity contribution is 5.69. The molecule has 1 aliphatic heterocycles. The third-order valence-electron chi connectivity index (χ3n) is 3.73. The van der Waals surface area contributed by atoms with Crippen LogP contribution in [0.15, 0.2) is 18.2 Å². The highest BCUT2D eigenvalue weighted by atomic mass is 16.4. The maximum absolute atomic E-state index is 10.9. The lowest BCUT2D eigenvalue weighted by atomic mass is 10.1. The van der Waals surface area contributed by atoms with Gasteiger partial charge in [0.1, 0.15) is 0 Å². The topological polar surface area (TPSA) is 43.8 Å². The van der Waals surface area contributed by atoms with Crippen molar-refractivity contribution in [2.24, 2.45) is 0 Å². The third kappa shape index (κ3) is 3.26. The maximum Gasteiger partial charge on any atom is 0.317 e. The average molecular weight is 262 g/mol. The molecule has 0 saturated heterocycles. The van der Waals surface area contributed by atoms with Gasteiger partial charge in [-0.3, -0.25) is 9.69 Å². The summed E-state index contributed by atoms with van der Waals surface area (Å²) in [5, 5.41) is 8.95. The quantitative estimate of drug-likeness (QED) is 0.881. The van der Waals surface area contributed by atoms with Gasteiger partial charge in [-0.25, -0.2) is 0 Å². The van der Waals surface area contributed by atoms with Gasteiger partial charge in [0.05, 0.1) is 6.54 Å². The molecular formula is C15H22N2O2. The number of anilines is 1. The molecule has 1 aromatic rings. The number of nitrogens with zero attached hydrogens (tertiary/aromatic N) is 2. The van der Waals surface area contributed by atoms with E-state index in [1.54, 1.807) is 0 Å². The number of carboxylic acid groups (broad SMARTS) is 1. The summed E-state index contributed by atoms with van der Waals surface area (Å²) in [4.78, 5) is 15.1. The number of carboxylic acids is 1. The SMILES string of the molecule is CC(C)N(CC(=O)O)Cc1ccc2c(c1)CCN2C. The Bertz CT molecular complexity index is 471. The monoisotopic (exact) mass is 262 g/mol. The summed E-state index contributed by atoms with van der Waals surface area (Å²) in [5.41, 5.74) is 3.88. The molecule has 4 heteroatoms. The van der Waals surface area contributed by atoms with E-state index in [-0.39, 0.29) is 12.6 Å². The third-order valence-corrected chi connectivity index (χ3v) is 3.73. The zero-order valence-corrected chi connectivity index (χ0v) is 11.9. The minimum absolute atomic E-state index is 0.0919. The molecule has 0 unspecified atom stereocenters. The van der Waals surface area contributed by atoms with Crippen LogP contribution in [0.5, 0.6) is 0 Å². The van der Waals surface area contributed by atoms with E-state index in [4.69, 9.17) is 5.11 Å². The minimum Gasteiger partial charge on any atom is -0.480 e. The van der Waals surface area contributed by atoms with Gasteiger partial charge in [-0.2, -0.15) is 0 Å². The number of fused-ring (bicyclic) bond motifs is 1. The zero-order valence-electron chi connectivity index (χ0n) is 11.9. The van der Waals surface area contributed by atoms with Crippen LogP contribution in [0.25, 0.3) is 0 Å². The number of carbonyl (C=O) groups is 1. The molecule has 1 aliphatic rings. The van der Waals surface area contributed by atoms with Gasteiger partial charge in [0.15, 0.2) is 0 Å². The fourth-order valence-electron chi connectivity index (χ4n) is 2.55. The molecule has 0 atom stereocenters. The lowest BCUT2D eigenvalue weighted by molar-refractivity contribution is -0.138. The first-order chi connectivity index (χ1) is 8.97. The summed E-state index contributed by atoms with van der Waals surface area (Å²) in [6, 6.07) is 6.71. The second-order valence-corrected chi connectivity index (χ2v) is 5.53. The Kier molecular flexibility index (Phi) is 4.10. The molecule has 0 fully saturated rings. The molecule has 1 N–H and O–H groups in total. The number of benzene rings is 1. The highest BCUT2D eigenvalue weighted by Crippen LogP contribution is 2.27. The fraction of sp³-hybridized carbons (Fsp3) is 0.533. The van der Waals surface area contributed by atoms with E-state index in [2.05, 4.69) is 30.1 Å². The fourth-order valence-corrected chi connectivity index (χ4v) is 2.55. The van der Waals surface area contributed by atoms with Crippen LogP contribution in [0.4, 0.5) is 5.69 Å². The lowest BCUT2D eigenvalue weighted by Gasteiger charge is -2.24. The molecule has 0 saturated carbocycles. The molecule has 2 rings (SSSR count). The lowest BCUT2D eigenvalue weighted by Crippen LogP contribution is -2.35. The molecule has 0 aliphatic carbocycles. The molecular weight excluding hydrogens is 240 g/mol. The predicted octanol–water partition coefficient (Wildman–Crippen LogP) is 1.97. The normalized spacial score (nSPS) is 14.3. The first kappa shape index (κ1) is 13.9. The van der Waals surface area contributed by atoms with Crippen LogP contribution in [0.2, 0.25) is 0 Å². The molecule has 104 valence electrons. The summed E-state index contributed by atoms with van der Waals surface area (Å²) in [7, 11) is 2.11. The summed E-state index contributed by atoms with van der Waals surface area (Å²) < 4.78 is 0. The first-order valence-electron chi connectivity index (χ1n) is 6.76. The van der Waals surface area contributed by atoms with E-state index in [1.807, 2.05) is 18.7 Å². The summed E-state index contributed by atoms with van der Waals surface area (Å²) in [5.74, 6) is -0.769. The van der Waals surface area contributed by atoms with E-state index in [9.17, 15) is 4.79 Å². The van der Waals surface area contributed by atoms with Gasteiger partial charge >= 0.3 is 5.97 Å². The number of aliphatic carboxylic acids is 1. The van der Waals surface area contributed by atoms with Crippen molar-refractivity contribution >= 4 is 11.7 Å². The predicted molar refractivity (Wildman–Crippen MR) is 76.6 cm³/mol. The number of hydrogen-bond acceptors (Lipinski definition) is 3. The Hall–Kier alpha value is -1.55. The van der Waals surface area contributed by atoms with Gasteiger partial charge in [-0.1, -0.05) is 12.1 Å². The van der Waals surface area contributed by atoms with Gasteiger partial charge in [-0.05, 0) is 37.5 Å². The van der Waals surface area contributed by atoms with E-state index >= 15 is 0 Å². The summed E-state index contributed by atoms with van der Waals surface area (Å²) in [6.45, 7) is 5.92. The van der Waals surface area contributed by atoms with Crippen molar-refractivity contribution < 1.29 is 9.90 Å². The van der Waals surface area contributed by atoms with E-state index < -0.39 is 5.97 Å². The van der Waals surface area contributed by atoms with Crippen LogP contribution < -0.4 is 4.90 Å². The van der Waals surface area contributed by atoms with Crippen LogP contribution in [0.1, 0.15) is 25.0 Å². The van der Waals surface area contributed by atoms with Crippen molar-refractivity contribution in [3.63, 3.8) is 0 Å². The molecule has 19 heavy (non-hydrogen) atoms. The van der Waals surface area contributed by atoms with Crippen LogP contribution in [0.3, 0.4) is 0 Å². The molecule has 0 amide bonds. The van der Waals surface area contributed by atoms with Crippen molar-refractivity contribution in [3.05, 3.63) is 29.3 Å². The van der Waals surface area contributed by atoms with E-state index in [1.165, 1.54) is 16.8 Å². The van der Waals surface area contributed by atoms with Gasteiger partial charge < -0.3 is 10.0 Å². The summed E-state index contributed by atoms with van der Waals surface area (Å²) >= 11 is 0. The molecule has 0 radical (unpaired) electrons. The van der Waals surface area contributed by atoms with Crippen molar-refractivity contribution in [1.29, 1.82) is 0 Å². The van der Waals surface area contributed by atoms with E-state index in [0.717, 1.165) is 13.0 Å². The van der Waals surface area contributed by atoms with Gasteiger partial charge in [0.2, 0.25) is 0 Å². The largest absolute Gasteiger partial charge is 0.480 e. The Morgan fingerprint density at radius 2 is 2.21 bits per heavy atom. The van der Waals surface area contributed by atoms with Gasteiger partial charge in [-0.15, -0.1) is 0 Å². The van der Waals surface area contributed by atoms with Crippen LogP contribution in [-0.4, -0.2) is 42.2 Å². The standard InChI is InChI=1S/C15H22N2O2/c1-11(2)17(10-15(18)19)9-12-4-5-14-13(8-12)6-7-16(14)3/h4-5,8,11H,6-7,9-10H2,1-3H3,(H,18,19). The van der Waals surface area contributed by atoms with Gasteiger partial charge in [0.25, 0.3) is 0 Å². The second kappa shape index (κ2) is 5.61. The maximum atomic E-state index is 10.9. The molecule has 1 heterocycles.